The molecular weight excluding hydrogens is 459 g/mol. The summed E-state index contributed by atoms with van der Waals surface area (Å²) in [6, 6.07) is 11.6. The first kappa shape index (κ1) is 22.2. The summed E-state index contributed by atoms with van der Waals surface area (Å²) in [4.78, 5) is 25.9. The number of rotatable bonds is 4. The van der Waals surface area contributed by atoms with Gasteiger partial charge in [0, 0.05) is 42.7 Å². The van der Waals surface area contributed by atoms with Crippen molar-refractivity contribution in [3.8, 4) is 5.75 Å². The molecule has 0 saturated heterocycles. The summed E-state index contributed by atoms with van der Waals surface area (Å²) >= 11 is 13.3. The van der Waals surface area contributed by atoms with Gasteiger partial charge in [0.2, 0.25) is 0 Å². The molecule has 3 aliphatic rings. The molecule has 170 valence electrons. The van der Waals surface area contributed by atoms with Crippen LogP contribution in [0.15, 0.2) is 59.1 Å². The van der Waals surface area contributed by atoms with Gasteiger partial charge in [-0.15, -0.1) is 0 Å². The van der Waals surface area contributed by atoms with Crippen LogP contribution in [0.5, 0.6) is 5.75 Å². The molecule has 33 heavy (non-hydrogen) atoms. The Balaban J connectivity index is 1.52. The van der Waals surface area contributed by atoms with Gasteiger partial charge in [0.15, 0.2) is 17.3 Å². The third-order valence-corrected chi connectivity index (χ3v) is 7.06. The Kier molecular flexibility index (Phi) is 6.07. The fourth-order valence-electron chi connectivity index (χ4n) is 4.87. The van der Waals surface area contributed by atoms with Crippen molar-refractivity contribution in [3.63, 3.8) is 0 Å². The van der Waals surface area contributed by atoms with Crippen LogP contribution in [0, 0.1) is 6.92 Å². The average molecular weight is 483 g/mol. The summed E-state index contributed by atoms with van der Waals surface area (Å²) in [6.45, 7) is 2.36. The van der Waals surface area contributed by atoms with Crippen molar-refractivity contribution in [2.45, 2.75) is 58.0 Å². The maximum absolute atomic E-state index is 13.0. The Morgan fingerprint density at radius 2 is 1.42 bits per heavy atom. The smallest absolute Gasteiger partial charge is 0.163 e. The van der Waals surface area contributed by atoms with Crippen LogP contribution in [0.2, 0.25) is 10.0 Å². The minimum Gasteiger partial charge on any atom is -0.486 e. The first-order chi connectivity index (χ1) is 15.9. The molecule has 0 unspecified atom stereocenters. The third kappa shape index (κ3) is 4.22. The number of ketones is 2. The van der Waals surface area contributed by atoms with Gasteiger partial charge in [-0.1, -0.05) is 53.0 Å². The number of hydrogen-bond donors (Lipinski definition) is 0. The highest BCUT2D eigenvalue weighted by atomic mass is 35.5. The van der Waals surface area contributed by atoms with Gasteiger partial charge < -0.3 is 9.47 Å². The standard InChI is InChI=1S/C27H24Cl2O4/c1-15-8-10-16(11-9-15)14-32-27-18(28)12-17(13-19(27)29)24-25-20(30)4-2-6-22(25)33-23-7-3-5-21(31)26(23)24/h8-13,24H,2-7,14H2,1H3. The quantitative estimate of drug-likeness (QED) is 0.470. The second-order valence-electron chi connectivity index (χ2n) is 8.85. The SMILES string of the molecule is Cc1ccc(COc2c(Cl)cc(C3C4=C(CCCC4=O)OC4=C3C(=O)CCC4)cc2Cl)cc1. The lowest BCUT2D eigenvalue weighted by Gasteiger charge is -2.36. The molecule has 2 aromatic carbocycles. The molecule has 2 aromatic rings. The Morgan fingerprint density at radius 1 is 0.879 bits per heavy atom. The number of Topliss-reactive ketones (excluding diaryl/α,β-unsaturated/α-hetero) is 2. The molecule has 0 fully saturated rings. The van der Waals surface area contributed by atoms with E-state index < -0.39 is 5.92 Å². The predicted octanol–water partition coefficient (Wildman–Crippen LogP) is 7.01. The predicted molar refractivity (Wildman–Crippen MR) is 128 cm³/mol. The van der Waals surface area contributed by atoms with E-state index in [-0.39, 0.29) is 11.6 Å². The second-order valence-corrected chi connectivity index (χ2v) is 9.66. The fraction of sp³-hybridized carbons (Fsp3) is 0.333. The van der Waals surface area contributed by atoms with Crippen molar-refractivity contribution in [3.05, 3.63) is 85.8 Å². The Bertz CT molecular complexity index is 1140. The Labute approximate surface area is 203 Å². The number of allylic oxidation sites excluding steroid dienone is 4. The highest BCUT2D eigenvalue weighted by molar-refractivity contribution is 6.37. The Morgan fingerprint density at radius 3 is 1.97 bits per heavy atom. The molecule has 0 aromatic heterocycles. The summed E-state index contributed by atoms with van der Waals surface area (Å²) in [7, 11) is 0. The molecular formula is C27H24Cl2O4. The number of carbonyl (C=O) groups is 2. The van der Waals surface area contributed by atoms with E-state index >= 15 is 0 Å². The largest absolute Gasteiger partial charge is 0.486 e. The van der Waals surface area contributed by atoms with Crippen LogP contribution in [-0.4, -0.2) is 11.6 Å². The zero-order chi connectivity index (χ0) is 23.1. The molecule has 1 heterocycles. The summed E-state index contributed by atoms with van der Waals surface area (Å²) in [5.74, 6) is 1.33. The number of halogens is 2. The first-order valence-corrected chi connectivity index (χ1v) is 12.1. The first-order valence-electron chi connectivity index (χ1n) is 11.3. The van der Waals surface area contributed by atoms with Crippen LogP contribution in [0.3, 0.4) is 0 Å². The summed E-state index contributed by atoms with van der Waals surface area (Å²) < 4.78 is 12.0. The van der Waals surface area contributed by atoms with E-state index in [0.717, 1.165) is 24.0 Å². The molecule has 6 heteroatoms. The zero-order valence-corrected chi connectivity index (χ0v) is 19.9. The van der Waals surface area contributed by atoms with E-state index in [4.69, 9.17) is 32.7 Å². The minimum absolute atomic E-state index is 0.0260. The van der Waals surface area contributed by atoms with Crippen molar-refractivity contribution >= 4 is 34.8 Å². The second kappa shape index (κ2) is 9.00. The molecule has 0 atom stereocenters. The number of carbonyl (C=O) groups excluding carboxylic acids is 2. The molecule has 0 saturated carbocycles. The van der Waals surface area contributed by atoms with Crippen LogP contribution >= 0.6 is 23.2 Å². The topological polar surface area (TPSA) is 52.6 Å². The number of hydrogen-bond acceptors (Lipinski definition) is 4. The summed E-state index contributed by atoms with van der Waals surface area (Å²) in [5, 5.41) is 0.707. The van der Waals surface area contributed by atoms with Crippen molar-refractivity contribution < 1.29 is 19.1 Å². The molecule has 2 aliphatic carbocycles. The number of benzene rings is 2. The van der Waals surface area contributed by atoms with Gasteiger partial charge in [-0.05, 0) is 43.0 Å². The normalized spacial score (nSPS) is 18.8. The van der Waals surface area contributed by atoms with Crippen LogP contribution in [-0.2, 0) is 20.9 Å². The summed E-state index contributed by atoms with van der Waals surface area (Å²) in [6.07, 6.45) is 3.81. The van der Waals surface area contributed by atoms with E-state index in [2.05, 4.69) is 0 Å². The van der Waals surface area contributed by atoms with Crippen molar-refractivity contribution in [2.24, 2.45) is 0 Å². The van der Waals surface area contributed by atoms with Gasteiger partial charge in [-0.3, -0.25) is 9.59 Å². The highest BCUT2D eigenvalue weighted by Gasteiger charge is 2.42. The van der Waals surface area contributed by atoms with Crippen LogP contribution in [0.1, 0.15) is 61.1 Å². The van der Waals surface area contributed by atoms with Crippen molar-refractivity contribution in [2.75, 3.05) is 0 Å². The van der Waals surface area contributed by atoms with Crippen molar-refractivity contribution in [1.29, 1.82) is 0 Å². The molecule has 0 bridgehead atoms. The molecule has 0 amide bonds. The van der Waals surface area contributed by atoms with Crippen LogP contribution in [0.4, 0.5) is 0 Å². The van der Waals surface area contributed by atoms with Crippen LogP contribution in [0.25, 0.3) is 0 Å². The van der Waals surface area contributed by atoms with Gasteiger partial charge in [-0.25, -0.2) is 0 Å². The van der Waals surface area contributed by atoms with E-state index in [0.29, 0.717) is 70.7 Å². The number of aryl methyl sites for hydroxylation is 1. The molecule has 5 rings (SSSR count). The van der Waals surface area contributed by atoms with E-state index in [1.165, 1.54) is 5.56 Å². The lowest BCUT2D eigenvalue weighted by molar-refractivity contribution is -0.117. The van der Waals surface area contributed by atoms with Gasteiger partial charge in [-0.2, -0.15) is 0 Å². The molecule has 0 radical (unpaired) electrons. The lowest BCUT2D eigenvalue weighted by atomic mass is 9.73. The molecule has 4 nitrogen and oxygen atoms in total. The van der Waals surface area contributed by atoms with Gasteiger partial charge in [0.05, 0.1) is 10.0 Å². The van der Waals surface area contributed by atoms with Crippen molar-refractivity contribution in [1.82, 2.24) is 0 Å². The zero-order valence-electron chi connectivity index (χ0n) is 18.4. The molecule has 1 aliphatic heterocycles. The summed E-state index contributed by atoms with van der Waals surface area (Å²) in [5.41, 5.74) is 4.06. The third-order valence-electron chi connectivity index (χ3n) is 6.50. The maximum Gasteiger partial charge on any atom is 0.163 e. The number of ether oxygens (including phenoxy) is 2. The highest BCUT2D eigenvalue weighted by Crippen LogP contribution is 2.49. The van der Waals surface area contributed by atoms with Gasteiger partial charge in [0.1, 0.15) is 18.1 Å². The minimum atomic E-state index is -0.495. The molecule has 0 spiro atoms. The van der Waals surface area contributed by atoms with E-state index in [1.54, 1.807) is 12.1 Å². The van der Waals surface area contributed by atoms with E-state index in [1.807, 2.05) is 31.2 Å². The van der Waals surface area contributed by atoms with Gasteiger partial charge in [0.25, 0.3) is 0 Å². The lowest BCUT2D eigenvalue weighted by Crippen LogP contribution is -2.30. The van der Waals surface area contributed by atoms with E-state index in [9.17, 15) is 9.59 Å². The van der Waals surface area contributed by atoms with Gasteiger partial charge >= 0.3 is 0 Å². The average Bonchev–Trinajstić information content (AvgIpc) is 2.79. The maximum atomic E-state index is 13.0. The Hall–Kier alpha value is -2.56. The monoisotopic (exact) mass is 482 g/mol. The molecule has 0 N–H and O–H groups in total. The fourth-order valence-corrected chi connectivity index (χ4v) is 5.49. The van der Waals surface area contributed by atoms with Crippen LogP contribution < -0.4 is 4.74 Å².